The van der Waals surface area contributed by atoms with Gasteiger partial charge in [0.15, 0.2) is 5.82 Å². The summed E-state index contributed by atoms with van der Waals surface area (Å²) in [7, 11) is 1.88. The second-order valence-electron chi connectivity index (χ2n) is 13.5. The number of ether oxygens (including phenoxy) is 1. The maximum Gasteiger partial charge on any atom is 0.416 e. The molecule has 1 spiro atoms. The monoisotopic (exact) mass is 674 g/mol. The predicted octanol–water partition coefficient (Wildman–Crippen LogP) is 6.24. The number of hydrogen-bond donors (Lipinski definition) is 1. The van der Waals surface area contributed by atoms with Crippen molar-refractivity contribution >= 4 is 29.4 Å². The van der Waals surface area contributed by atoms with E-state index in [1.54, 1.807) is 28.2 Å². The molecule has 1 amide bonds. The van der Waals surface area contributed by atoms with E-state index in [4.69, 9.17) is 19.5 Å². The summed E-state index contributed by atoms with van der Waals surface area (Å²) in [6.07, 6.45) is 13.3. The van der Waals surface area contributed by atoms with Crippen LogP contribution in [0, 0.1) is 11.3 Å². The Morgan fingerprint density at radius 3 is 2.60 bits per heavy atom. The average molecular weight is 675 g/mol. The minimum Gasteiger partial charge on any atom is -0.444 e. The molecule has 13 nitrogen and oxygen atoms in total. The van der Waals surface area contributed by atoms with E-state index >= 15 is 0 Å². The highest BCUT2D eigenvalue weighted by Crippen LogP contribution is 2.36. The van der Waals surface area contributed by atoms with Gasteiger partial charge < -0.3 is 19.8 Å². The normalized spacial score (nSPS) is 21.9. The molecule has 2 aliphatic heterocycles. The third-order valence-corrected chi connectivity index (χ3v) is 9.89. The SMILES string of the molecule is CC1=NOC2(CCCN(c3nc(NC4CCC(N(C(=O)OCc5ccccc5)c5ccc(-c6cnn(C)c6)cn5)CC4)ncc3C#N)CC2)C1. The number of oxime groups is 1. The minimum absolute atomic E-state index is 0.0969. The summed E-state index contributed by atoms with van der Waals surface area (Å²) in [5, 5.41) is 21.9. The van der Waals surface area contributed by atoms with Gasteiger partial charge in [-0.25, -0.2) is 14.8 Å². The molecule has 1 atom stereocenters. The Kier molecular flexibility index (Phi) is 9.60. The molecule has 1 saturated heterocycles. The maximum absolute atomic E-state index is 13.7. The van der Waals surface area contributed by atoms with Gasteiger partial charge in [0, 0.05) is 68.6 Å². The first-order chi connectivity index (χ1) is 24.4. The number of carbonyl (C=O) groups is 1. The molecule has 1 saturated carbocycles. The van der Waals surface area contributed by atoms with Crippen molar-refractivity contribution in [3.8, 4) is 17.2 Å². The highest BCUT2D eigenvalue weighted by atomic mass is 16.7. The van der Waals surface area contributed by atoms with Crippen molar-refractivity contribution in [2.75, 3.05) is 28.2 Å². The third-order valence-electron chi connectivity index (χ3n) is 9.89. The van der Waals surface area contributed by atoms with Crippen molar-refractivity contribution in [1.29, 1.82) is 5.26 Å². The summed E-state index contributed by atoms with van der Waals surface area (Å²) in [6.45, 7) is 3.70. The molecule has 7 rings (SSSR count). The molecule has 258 valence electrons. The molecule has 3 aromatic heterocycles. The molecule has 4 aromatic rings. The van der Waals surface area contributed by atoms with Crippen molar-refractivity contribution in [1.82, 2.24) is 24.7 Å². The highest BCUT2D eigenvalue weighted by Gasteiger charge is 2.40. The van der Waals surface area contributed by atoms with Crippen LogP contribution in [0.4, 0.5) is 22.4 Å². The topological polar surface area (TPSA) is 147 Å². The number of pyridine rings is 1. The fraction of sp³-hybridized carbons (Fsp3) is 0.432. The van der Waals surface area contributed by atoms with Crippen LogP contribution in [0.3, 0.4) is 0 Å². The standard InChI is InChI=1S/C37H42N10O3/c1-26-19-37(50-44-26)15-6-17-46(18-16-37)34-29(20-38)22-40-35(43-34)42-31-10-12-32(13-11-31)47(36(48)49-25-27-7-4-3-5-8-27)33-14-9-28(21-39-33)30-23-41-45(2)24-30/h3-5,7-9,14,21-24,31-32H,6,10-13,15-19,25H2,1-2H3,(H,40,42,43). The van der Waals surface area contributed by atoms with E-state index < -0.39 is 6.09 Å². The zero-order valence-electron chi connectivity index (χ0n) is 28.5. The van der Waals surface area contributed by atoms with Gasteiger partial charge in [-0.2, -0.15) is 15.3 Å². The van der Waals surface area contributed by atoms with Gasteiger partial charge >= 0.3 is 6.09 Å². The zero-order chi connectivity index (χ0) is 34.5. The first kappa shape index (κ1) is 33.0. The molecule has 0 radical (unpaired) electrons. The number of rotatable bonds is 8. The van der Waals surface area contributed by atoms with E-state index in [-0.39, 0.29) is 24.3 Å². The Hall–Kier alpha value is -5.51. The third kappa shape index (κ3) is 7.39. The number of carbonyl (C=O) groups excluding carboxylic acids is 1. The van der Waals surface area contributed by atoms with Crippen molar-refractivity contribution in [2.45, 2.75) is 82.6 Å². The van der Waals surface area contributed by atoms with Gasteiger partial charge in [-0.3, -0.25) is 9.58 Å². The minimum atomic E-state index is -0.420. The molecule has 13 heteroatoms. The summed E-state index contributed by atoms with van der Waals surface area (Å²) >= 11 is 0. The number of aryl methyl sites for hydroxylation is 1. The van der Waals surface area contributed by atoms with Gasteiger partial charge in [0.05, 0.1) is 18.1 Å². The highest BCUT2D eigenvalue weighted by molar-refractivity contribution is 5.87. The van der Waals surface area contributed by atoms with E-state index in [1.807, 2.05) is 62.6 Å². The molecular formula is C37H42N10O3. The van der Waals surface area contributed by atoms with E-state index in [0.717, 1.165) is 86.9 Å². The van der Waals surface area contributed by atoms with Gasteiger partial charge in [0.25, 0.3) is 0 Å². The lowest BCUT2D eigenvalue weighted by atomic mass is 9.90. The lowest BCUT2D eigenvalue weighted by Gasteiger charge is -2.36. The van der Waals surface area contributed by atoms with Crippen molar-refractivity contribution in [3.05, 3.63) is 78.4 Å². The number of aromatic nitrogens is 5. The first-order valence-electron chi connectivity index (χ1n) is 17.3. The molecule has 1 unspecified atom stereocenters. The number of nitriles is 1. The molecule has 5 heterocycles. The van der Waals surface area contributed by atoms with Crippen LogP contribution in [-0.2, 0) is 23.2 Å². The largest absolute Gasteiger partial charge is 0.444 e. The maximum atomic E-state index is 13.7. The van der Waals surface area contributed by atoms with E-state index in [2.05, 4.69) is 31.5 Å². The van der Waals surface area contributed by atoms with Crippen LogP contribution in [0.1, 0.15) is 69.4 Å². The van der Waals surface area contributed by atoms with E-state index in [1.165, 1.54) is 0 Å². The quantitative estimate of drug-likeness (QED) is 0.228. The molecule has 3 aliphatic rings. The second kappa shape index (κ2) is 14.5. The molecule has 1 aromatic carbocycles. The lowest BCUT2D eigenvalue weighted by molar-refractivity contribution is -0.0271. The van der Waals surface area contributed by atoms with Gasteiger partial charge in [0.2, 0.25) is 5.95 Å². The van der Waals surface area contributed by atoms with Crippen LogP contribution in [-0.4, -0.2) is 67.3 Å². The van der Waals surface area contributed by atoms with Gasteiger partial charge in [-0.15, -0.1) is 0 Å². The van der Waals surface area contributed by atoms with Crippen LogP contribution < -0.4 is 15.1 Å². The Balaban J connectivity index is 1.02. The summed E-state index contributed by atoms with van der Waals surface area (Å²) in [6, 6.07) is 15.8. The zero-order valence-corrected chi connectivity index (χ0v) is 28.5. The fourth-order valence-electron chi connectivity index (χ4n) is 7.26. The average Bonchev–Trinajstić information content (AvgIpc) is 3.68. The van der Waals surface area contributed by atoms with Crippen LogP contribution in [0.25, 0.3) is 11.1 Å². The summed E-state index contributed by atoms with van der Waals surface area (Å²) in [4.78, 5) is 37.5. The molecule has 2 fully saturated rings. The van der Waals surface area contributed by atoms with Crippen molar-refractivity contribution in [3.63, 3.8) is 0 Å². The molecular weight excluding hydrogens is 632 g/mol. The van der Waals surface area contributed by atoms with Crippen molar-refractivity contribution < 1.29 is 14.4 Å². The molecule has 1 N–H and O–H groups in total. The fourth-order valence-corrected chi connectivity index (χ4v) is 7.26. The van der Waals surface area contributed by atoms with Crippen LogP contribution in [0.15, 0.2) is 72.4 Å². The number of hydrogen-bond acceptors (Lipinski definition) is 11. The van der Waals surface area contributed by atoms with E-state index in [9.17, 15) is 10.1 Å². The molecule has 50 heavy (non-hydrogen) atoms. The Labute approximate surface area is 291 Å². The van der Waals surface area contributed by atoms with Crippen LogP contribution in [0.5, 0.6) is 0 Å². The van der Waals surface area contributed by atoms with Gasteiger partial charge in [0.1, 0.15) is 29.7 Å². The van der Waals surface area contributed by atoms with Crippen LogP contribution in [0.2, 0.25) is 0 Å². The number of nitrogens with one attached hydrogen (secondary N) is 1. The number of amides is 1. The summed E-state index contributed by atoms with van der Waals surface area (Å²) in [5.74, 6) is 1.71. The number of benzene rings is 1. The molecule has 1 aliphatic carbocycles. The number of anilines is 3. The van der Waals surface area contributed by atoms with E-state index in [0.29, 0.717) is 23.1 Å². The second-order valence-corrected chi connectivity index (χ2v) is 13.5. The Morgan fingerprint density at radius 1 is 1.06 bits per heavy atom. The summed E-state index contributed by atoms with van der Waals surface area (Å²) < 4.78 is 7.58. The van der Waals surface area contributed by atoms with Crippen molar-refractivity contribution in [2.24, 2.45) is 12.2 Å². The first-order valence-corrected chi connectivity index (χ1v) is 17.3. The summed E-state index contributed by atoms with van der Waals surface area (Å²) in [5.41, 5.74) is 4.04. The van der Waals surface area contributed by atoms with Gasteiger partial charge in [-0.05, 0) is 63.1 Å². The number of nitrogens with zero attached hydrogens (tertiary/aromatic N) is 9. The smallest absolute Gasteiger partial charge is 0.416 e. The predicted molar refractivity (Wildman–Crippen MR) is 190 cm³/mol. The lowest BCUT2D eigenvalue weighted by Crippen LogP contribution is -2.45. The Morgan fingerprint density at radius 2 is 1.90 bits per heavy atom. The van der Waals surface area contributed by atoms with Gasteiger partial charge in [-0.1, -0.05) is 35.5 Å². The van der Waals surface area contributed by atoms with Crippen LogP contribution >= 0.6 is 0 Å². The Bertz CT molecular complexity index is 1860. The molecule has 0 bridgehead atoms.